The Labute approximate surface area is 138 Å². The predicted octanol–water partition coefficient (Wildman–Crippen LogP) is 3.87. The van der Waals surface area contributed by atoms with Crippen LogP contribution in [0.3, 0.4) is 0 Å². The highest BCUT2D eigenvalue weighted by Gasteiger charge is 2.17. The normalized spacial score (nSPS) is 12.2. The van der Waals surface area contributed by atoms with Crippen molar-refractivity contribution in [3.05, 3.63) is 95.4 Å². The van der Waals surface area contributed by atoms with E-state index in [0.29, 0.717) is 5.92 Å². The zero-order chi connectivity index (χ0) is 15.9. The molecular formula is C21H24NO+. The molecule has 2 N–H and O–H groups in total. The molecule has 0 aliphatic rings. The van der Waals surface area contributed by atoms with Crippen LogP contribution in [0.2, 0.25) is 0 Å². The second-order valence-corrected chi connectivity index (χ2v) is 6.03. The van der Waals surface area contributed by atoms with E-state index in [1.807, 2.05) is 6.07 Å². The Hall–Kier alpha value is -2.32. The zero-order valence-electron chi connectivity index (χ0n) is 13.6. The number of nitrogens with two attached hydrogens (primary N) is 1. The Kier molecular flexibility index (Phi) is 5.28. The molecule has 0 fully saturated rings. The van der Waals surface area contributed by atoms with E-state index in [2.05, 4.69) is 72.9 Å². The molecule has 0 amide bonds. The highest BCUT2D eigenvalue weighted by molar-refractivity contribution is 5.29. The fraction of sp³-hybridized carbons (Fsp3) is 0.238. The third kappa shape index (κ3) is 4.33. The quantitative estimate of drug-likeness (QED) is 0.660. The first-order chi connectivity index (χ1) is 11.3. The van der Waals surface area contributed by atoms with E-state index in [4.69, 9.17) is 4.42 Å². The van der Waals surface area contributed by atoms with Crippen molar-refractivity contribution in [1.82, 2.24) is 0 Å². The van der Waals surface area contributed by atoms with Crippen LogP contribution in [0.15, 0.2) is 77.4 Å². The molecule has 2 nitrogen and oxygen atoms in total. The SMILES string of the molecule is Cc1ccc([C@@H](CC[NH2+]Cc2ccccc2)c2ccco2)cc1. The molecule has 0 bridgehead atoms. The van der Waals surface area contributed by atoms with Crippen LogP contribution in [-0.2, 0) is 6.54 Å². The molecule has 3 aromatic rings. The van der Waals surface area contributed by atoms with E-state index in [1.165, 1.54) is 16.7 Å². The van der Waals surface area contributed by atoms with Gasteiger partial charge in [-0.1, -0.05) is 60.2 Å². The molecule has 1 atom stereocenters. The standard InChI is InChI=1S/C21H23NO/c1-17-9-11-19(12-10-17)20(21-8-5-15-23-21)13-14-22-16-18-6-3-2-4-7-18/h2-12,15,20,22H,13-14,16H2,1H3/p+1/t20-/m1/s1. The maximum absolute atomic E-state index is 5.68. The Morgan fingerprint density at radius 3 is 2.39 bits per heavy atom. The molecule has 1 heterocycles. The van der Waals surface area contributed by atoms with Gasteiger partial charge in [0, 0.05) is 17.9 Å². The van der Waals surface area contributed by atoms with Crippen molar-refractivity contribution < 1.29 is 9.73 Å². The van der Waals surface area contributed by atoms with Crippen molar-refractivity contribution in [3.8, 4) is 0 Å². The molecule has 0 saturated carbocycles. The Morgan fingerprint density at radius 1 is 0.913 bits per heavy atom. The van der Waals surface area contributed by atoms with Crippen molar-refractivity contribution in [2.45, 2.75) is 25.8 Å². The van der Waals surface area contributed by atoms with E-state index in [-0.39, 0.29) is 0 Å². The van der Waals surface area contributed by atoms with E-state index in [9.17, 15) is 0 Å². The summed E-state index contributed by atoms with van der Waals surface area (Å²) in [5, 5.41) is 2.37. The Bertz CT molecular complexity index is 686. The number of benzene rings is 2. The largest absolute Gasteiger partial charge is 0.469 e. The lowest BCUT2D eigenvalue weighted by Crippen LogP contribution is -2.82. The highest BCUT2D eigenvalue weighted by Crippen LogP contribution is 2.27. The number of hydrogen-bond donors (Lipinski definition) is 1. The lowest BCUT2D eigenvalue weighted by molar-refractivity contribution is -0.671. The molecule has 0 unspecified atom stereocenters. The molecule has 0 spiro atoms. The minimum absolute atomic E-state index is 0.331. The van der Waals surface area contributed by atoms with Gasteiger partial charge in [-0.05, 0) is 24.6 Å². The summed E-state index contributed by atoms with van der Waals surface area (Å²) in [4.78, 5) is 0. The van der Waals surface area contributed by atoms with Gasteiger partial charge >= 0.3 is 0 Å². The molecule has 23 heavy (non-hydrogen) atoms. The van der Waals surface area contributed by atoms with Gasteiger partial charge in [-0.2, -0.15) is 0 Å². The van der Waals surface area contributed by atoms with Gasteiger partial charge in [-0.25, -0.2) is 0 Å². The lowest BCUT2D eigenvalue weighted by Gasteiger charge is -2.15. The van der Waals surface area contributed by atoms with Gasteiger partial charge in [0.1, 0.15) is 12.3 Å². The molecule has 2 heteroatoms. The minimum Gasteiger partial charge on any atom is -0.469 e. The van der Waals surface area contributed by atoms with Gasteiger partial charge < -0.3 is 9.73 Å². The van der Waals surface area contributed by atoms with Gasteiger partial charge in [0.15, 0.2) is 0 Å². The Balaban J connectivity index is 1.62. The van der Waals surface area contributed by atoms with Crippen LogP contribution in [0, 0.1) is 6.92 Å². The summed E-state index contributed by atoms with van der Waals surface area (Å²) in [7, 11) is 0. The Morgan fingerprint density at radius 2 is 1.70 bits per heavy atom. The van der Waals surface area contributed by atoms with Gasteiger partial charge in [0.25, 0.3) is 0 Å². The van der Waals surface area contributed by atoms with Crippen LogP contribution in [0.4, 0.5) is 0 Å². The molecule has 0 saturated heterocycles. The number of aryl methyl sites for hydroxylation is 1. The van der Waals surface area contributed by atoms with Crippen molar-refractivity contribution in [2.75, 3.05) is 6.54 Å². The third-order valence-electron chi connectivity index (χ3n) is 4.25. The van der Waals surface area contributed by atoms with Crippen LogP contribution in [-0.4, -0.2) is 6.54 Å². The van der Waals surface area contributed by atoms with Crippen molar-refractivity contribution in [2.24, 2.45) is 0 Å². The van der Waals surface area contributed by atoms with Gasteiger partial charge in [0.05, 0.1) is 12.8 Å². The summed E-state index contributed by atoms with van der Waals surface area (Å²) < 4.78 is 5.68. The molecule has 2 aromatic carbocycles. The molecule has 1 aromatic heterocycles. The smallest absolute Gasteiger partial charge is 0.111 e. The van der Waals surface area contributed by atoms with Crippen LogP contribution in [0.1, 0.15) is 34.8 Å². The van der Waals surface area contributed by atoms with Gasteiger partial charge in [0.2, 0.25) is 0 Å². The fourth-order valence-corrected chi connectivity index (χ4v) is 2.93. The number of furan rings is 1. The third-order valence-corrected chi connectivity index (χ3v) is 4.25. The summed E-state index contributed by atoms with van der Waals surface area (Å²) in [6.07, 6.45) is 2.84. The van der Waals surface area contributed by atoms with Crippen LogP contribution >= 0.6 is 0 Å². The van der Waals surface area contributed by atoms with Crippen LogP contribution in [0.25, 0.3) is 0 Å². The summed E-state index contributed by atoms with van der Waals surface area (Å²) in [5.74, 6) is 1.39. The lowest BCUT2D eigenvalue weighted by atomic mass is 9.92. The fourth-order valence-electron chi connectivity index (χ4n) is 2.93. The monoisotopic (exact) mass is 306 g/mol. The highest BCUT2D eigenvalue weighted by atomic mass is 16.3. The maximum Gasteiger partial charge on any atom is 0.111 e. The molecule has 0 aliphatic carbocycles. The average Bonchev–Trinajstić information content (AvgIpc) is 3.11. The van der Waals surface area contributed by atoms with Crippen LogP contribution < -0.4 is 5.32 Å². The van der Waals surface area contributed by atoms with E-state index in [1.54, 1.807) is 6.26 Å². The number of quaternary nitrogens is 1. The summed E-state index contributed by atoms with van der Waals surface area (Å²) in [6, 6.07) is 23.5. The van der Waals surface area contributed by atoms with E-state index >= 15 is 0 Å². The summed E-state index contributed by atoms with van der Waals surface area (Å²) in [5.41, 5.74) is 4.00. The number of hydrogen-bond acceptors (Lipinski definition) is 1. The first-order valence-electron chi connectivity index (χ1n) is 8.28. The van der Waals surface area contributed by atoms with E-state index in [0.717, 1.165) is 25.3 Å². The topological polar surface area (TPSA) is 29.8 Å². The number of rotatable bonds is 7. The van der Waals surface area contributed by atoms with Crippen molar-refractivity contribution in [1.29, 1.82) is 0 Å². The summed E-state index contributed by atoms with van der Waals surface area (Å²) in [6.45, 7) is 4.23. The second kappa shape index (κ2) is 7.80. The van der Waals surface area contributed by atoms with E-state index < -0.39 is 0 Å². The zero-order valence-corrected chi connectivity index (χ0v) is 13.6. The second-order valence-electron chi connectivity index (χ2n) is 6.03. The molecular weight excluding hydrogens is 282 g/mol. The first-order valence-corrected chi connectivity index (χ1v) is 8.28. The minimum atomic E-state index is 0.331. The first kappa shape index (κ1) is 15.6. The van der Waals surface area contributed by atoms with Crippen molar-refractivity contribution in [3.63, 3.8) is 0 Å². The maximum atomic E-state index is 5.68. The average molecular weight is 306 g/mol. The molecule has 0 radical (unpaired) electrons. The van der Waals surface area contributed by atoms with Gasteiger partial charge in [-0.15, -0.1) is 0 Å². The predicted molar refractivity (Wildman–Crippen MR) is 93.3 cm³/mol. The van der Waals surface area contributed by atoms with Crippen molar-refractivity contribution >= 4 is 0 Å². The molecule has 0 aliphatic heterocycles. The van der Waals surface area contributed by atoms with Gasteiger partial charge in [-0.3, -0.25) is 0 Å². The molecule has 3 rings (SSSR count). The van der Waals surface area contributed by atoms with Crippen LogP contribution in [0.5, 0.6) is 0 Å². The molecule has 118 valence electrons. The summed E-state index contributed by atoms with van der Waals surface area (Å²) >= 11 is 0.